The van der Waals surface area contributed by atoms with Crippen molar-refractivity contribution in [2.24, 2.45) is 5.92 Å². The first kappa shape index (κ1) is 7.51. The third-order valence-corrected chi connectivity index (χ3v) is 1.60. The molecule has 0 bridgehead atoms. The van der Waals surface area contributed by atoms with Crippen LogP contribution < -0.4 is 0 Å². The molecular formula is C8H10O2. The van der Waals surface area contributed by atoms with E-state index < -0.39 is 6.10 Å². The summed E-state index contributed by atoms with van der Waals surface area (Å²) in [6.07, 6.45) is 8.07. The Hall–Kier alpha value is -0.600. The van der Waals surface area contributed by atoms with Crippen molar-refractivity contribution in [1.29, 1.82) is 0 Å². The summed E-state index contributed by atoms with van der Waals surface area (Å²) in [7, 11) is 0. The van der Waals surface area contributed by atoms with Crippen molar-refractivity contribution in [3.63, 3.8) is 0 Å². The van der Waals surface area contributed by atoms with Crippen LogP contribution in [-0.4, -0.2) is 17.8 Å². The summed E-state index contributed by atoms with van der Waals surface area (Å²) in [5, 5.41) is 19.4. The summed E-state index contributed by atoms with van der Waals surface area (Å²) in [6.45, 7) is -0.275. The highest BCUT2D eigenvalue weighted by Crippen LogP contribution is 2.15. The normalized spacial score (nSPS) is 26.8. The Labute approximate surface area is 60.5 Å². The SMILES string of the molecule is [O]C(CO)C1C=C[C]=CC1. The van der Waals surface area contributed by atoms with Crippen LogP contribution >= 0.6 is 0 Å². The third kappa shape index (κ3) is 1.69. The number of aliphatic hydroxyl groups excluding tert-OH is 1. The molecule has 1 aliphatic rings. The highest BCUT2D eigenvalue weighted by molar-refractivity contribution is 5.06. The minimum atomic E-state index is -0.866. The zero-order valence-corrected chi connectivity index (χ0v) is 5.66. The van der Waals surface area contributed by atoms with E-state index in [0.717, 1.165) is 0 Å². The predicted molar refractivity (Wildman–Crippen MR) is 36.6 cm³/mol. The Morgan fingerprint density at radius 3 is 3.10 bits per heavy atom. The van der Waals surface area contributed by atoms with Gasteiger partial charge in [-0.25, -0.2) is 5.11 Å². The molecule has 0 saturated heterocycles. The Balaban J connectivity index is 2.42. The summed E-state index contributed by atoms with van der Waals surface area (Å²) in [5.74, 6) is -0.0359. The molecule has 0 amide bonds. The van der Waals surface area contributed by atoms with Gasteiger partial charge in [0.25, 0.3) is 0 Å². The fraction of sp³-hybridized carbons (Fsp3) is 0.500. The molecule has 2 unspecified atom stereocenters. The fourth-order valence-electron chi connectivity index (χ4n) is 0.941. The molecule has 1 N–H and O–H groups in total. The van der Waals surface area contributed by atoms with Gasteiger partial charge >= 0.3 is 0 Å². The maximum absolute atomic E-state index is 10.9. The lowest BCUT2D eigenvalue weighted by Crippen LogP contribution is -2.21. The number of hydrogen-bond donors (Lipinski definition) is 1. The van der Waals surface area contributed by atoms with Crippen molar-refractivity contribution in [3.8, 4) is 0 Å². The van der Waals surface area contributed by atoms with E-state index in [4.69, 9.17) is 5.11 Å². The second kappa shape index (κ2) is 3.54. The molecule has 0 spiro atoms. The van der Waals surface area contributed by atoms with Crippen LogP contribution in [-0.2, 0) is 5.11 Å². The highest BCUT2D eigenvalue weighted by Gasteiger charge is 2.16. The van der Waals surface area contributed by atoms with Crippen LogP contribution in [0.5, 0.6) is 0 Å². The highest BCUT2D eigenvalue weighted by atomic mass is 16.3. The number of allylic oxidation sites excluding steroid dienone is 3. The quantitative estimate of drug-likeness (QED) is 0.599. The zero-order chi connectivity index (χ0) is 7.40. The van der Waals surface area contributed by atoms with Crippen LogP contribution in [0.4, 0.5) is 0 Å². The molecule has 1 rings (SSSR count). The van der Waals surface area contributed by atoms with Gasteiger partial charge in [-0.15, -0.1) is 0 Å². The molecule has 0 aliphatic heterocycles. The lowest BCUT2D eigenvalue weighted by Gasteiger charge is -2.14. The van der Waals surface area contributed by atoms with Gasteiger partial charge in [0.05, 0.1) is 6.61 Å². The first-order valence-electron chi connectivity index (χ1n) is 3.35. The van der Waals surface area contributed by atoms with E-state index in [1.165, 1.54) is 0 Å². The fourth-order valence-corrected chi connectivity index (χ4v) is 0.941. The van der Waals surface area contributed by atoms with E-state index in [1.807, 2.05) is 6.08 Å². The second-order valence-corrected chi connectivity index (χ2v) is 2.35. The molecule has 10 heavy (non-hydrogen) atoms. The third-order valence-electron chi connectivity index (χ3n) is 1.60. The molecule has 0 heterocycles. The van der Waals surface area contributed by atoms with Gasteiger partial charge in [0.1, 0.15) is 6.10 Å². The van der Waals surface area contributed by atoms with Crippen molar-refractivity contribution < 1.29 is 10.2 Å². The first-order valence-corrected chi connectivity index (χ1v) is 3.35. The van der Waals surface area contributed by atoms with Gasteiger partial charge in [-0.1, -0.05) is 18.2 Å². The number of rotatable bonds is 2. The van der Waals surface area contributed by atoms with E-state index >= 15 is 0 Å². The minimum Gasteiger partial charge on any atom is -0.394 e. The van der Waals surface area contributed by atoms with Crippen molar-refractivity contribution in [1.82, 2.24) is 0 Å². The molecule has 2 radical (unpaired) electrons. The van der Waals surface area contributed by atoms with Gasteiger partial charge in [-0.2, -0.15) is 0 Å². The van der Waals surface area contributed by atoms with Crippen molar-refractivity contribution in [2.75, 3.05) is 6.61 Å². The summed E-state index contributed by atoms with van der Waals surface area (Å²) in [5.41, 5.74) is 0. The second-order valence-electron chi connectivity index (χ2n) is 2.35. The maximum atomic E-state index is 10.9. The van der Waals surface area contributed by atoms with Crippen molar-refractivity contribution in [3.05, 3.63) is 24.3 Å². The van der Waals surface area contributed by atoms with Gasteiger partial charge < -0.3 is 5.11 Å². The van der Waals surface area contributed by atoms with Crippen LogP contribution in [0, 0.1) is 12.0 Å². The Morgan fingerprint density at radius 2 is 2.60 bits per heavy atom. The average molecular weight is 138 g/mol. The summed E-state index contributed by atoms with van der Waals surface area (Å²) >= 11 is 0. The molecule has 2 nitrogen and oxygen atoms in total. The van der Waals surface area contributed by atoms with E-state index in [0.29, 0.717) is 6.42 Å². The standard InChI is InChI=1S/C8H10O2/c9-6-8(10)7-4-2-1-3-5-7/h2-4,7-9H,5-6H2. The van der Waals surface area contributed by atoms with Crippen LogP contribution in [0.1, 0.15) is 6.42 Å². The molecule has 0 saturated carbocycles. The van der Waals surface area contributed by atoms with Gasteiger partial charge in [-0.3, -0.25) is 0 Å². The van der Waals surface area contributed by atoms with Crippen LogP contribution in [0.3, 0.4) is 0 Å². The van der Waals surface area contributed by atoms with Crippen molar-refractivity contribution >= 4 is 0 Å². The summed E-state index contributed by atoms with van der Waals surface area (Å²) in [6, 6.07) is 0. The Kier molecular flexibility index (Phi) is 2.66. The van der Waals surface area contributed by atoms with Gasteiger partial charge in [0, 0.05) is 5.92 Å². The molecule has 54 valence electrons. The van der Waals surface area contributed by atoms with E-state index in [9.17, 15) is 5.11 Å². The number of hydrogen-bond acceptors (Lipinski definition) is 1. The largest absolute Gasteiger partial charge is 0.394 e. The lowest BCUT2D eigenvalue weighted by molar-refractivity contribution is 0.00667. The van der Waals surface area contributed by atoms with Gasteiger partial charge in [-0.05, 0) is 12.5 Å². The van der Waals surface area contributed by atoms with E-state index in [2.05, 4.69) is 6.08 Å². The predicted octanol–water partition coefficient (Wildman–Crippen LogP) is 0.713. The number of aliphatic hydroxyl groups is 1. The minimum absolute atomic E-state index is 0.0359. The Morgan fingerprint density at radius 1 is 1.80 bits per heavy atom. The van der Waals surface area contributed by atoms with Crippen LogP contribution in [0.15, 0.2) is 18.2 Å². The topological polar surface area (TPSA) is 40.1 Å². The van der Waals surface area contributed by atoms with E-state index in [1.54, 1.807) is 12.2 Å². The summed E-state index contributed by atoms with van der Waals surface area (Å²) in [4.78, 5) is 0. The maximum Gasteiger partial charge on any atom is 0.122 e. The molecule has 0 fully saturated rings. The molecular weight excluding hydrogens is 128 g/mol. The van der Waals surface area contributed by atoms with Gasteiger partial charge in [0.15, 0.2) is 0 Å². The monoisotopic (exact) mass is 138 g/mol. The molecule has 0 aromatic carbocycles. The van der Waals surface area contributed by atoms with Crippen LogP contribution in [0.25, 0.3) is 0 Å². The van der Waals surface area contributed by atoms with Crippen molar-refractivity contribution in [2.45, 2.75) is 12.5 Å². The molecule has 0 aromatic rings. The average Bonchev–Trinajstić information content (AvgIpc) is 2.05. The van der Waals surface area contributed by atoms with E-state index in [-0.39, 0.29) is 12.5 Å². The smallest absolute Gasteiger partial charge is 0.122 e. The first-order chi connectivity index (χ1) is 4.84. The molecule has 1 aliphatic carbocycles. The lowest BCUT2D eigenvalue weighted by atomic mass is 9.95. The molecule has 0 aromatic heterocycles. The summed E-state index contributed by atoms with van der Waals surface area (Å²) < 4.78 is 0. The molecule has 2 atom stereocenters. The van der Waals surface area contributed by atoms with Gasteiger partial charge in [0.2, 0.25) is 0 Å². The van der Waals surface area contributed by atoms with Crippen LogP contribution in [0.2, 0.25) is 0 Å². The molecule has 2 heteroatoms. The Bertz CT molecular complexity index is 149. The zero-order valence-electron chi connectivity index (χ0n) is 5.66.